The van der Waals surface area contributed by atoms with Gasteiger partial charge in [-0.15, -0.1) is 0 Å². The van der Waals surface area contributed by atoms with Gasteiger partial charge in [-0.05, 0) is 30.2 Å². The summed E-state index contributed by atoms with van der Waals surface area (Å²) < 4.78 is 2.21. The maximum Gasteiger partial charge on any atom is 0.0924 e. The Morgan fingerprint density at radius 1 is 1.31 bits per heavy atom. The molecule has 1 N–H and O–H groups in total. The lowest BCUT2D eigenvalue weighted by Gasteiger charge is -2.01. The van der Waals surface area contributed by atoms with Gasteiger partial charge in [0.15, 0.2) is 0 Å². The summed E-state index contributed by atoms with van der Waals surface area (Å²) in [6.07, 6.45) is 8.51. The van der Waals surface area contributed by atoms with Crippen molar-refractivity contribution in [2.45, 2.75) is 6.42 Å². The number of nitrogens with zero attached hydrogens (tertiary/aromatic N) is 1. The fourth-order valence-corrected chi connectivity index (χ4v) is 2.57. The van der Waals surface area contributed by atoms with Crippen LogP contribution in [0.4, 0.5) is 0 Å². The van der Waals surface area contributed by atoms with Gasteiger partial charge in [-0.3, -0.25) is 0 Å². The lowest BCUT2D eigenvalue weighted by molar-refractivity contribution is 1.25. The number of nitrogens with one attached hydrogen (secondary N) is 1. The molecule has 0 saturated carbocycles. The van der Waals surface area contributed by atoms with Gasteiger partial charge < -0.3 is 4.98 Å². The van der Waals surface area contributed by atoms with Gasteiger partial charge in [-0.1, -0.05) is 44.0 Å². The molecule has 0 saturated heterocycles. The molecule has 82 valence electrons. The van der Waals surface area contributed by atoms with E-state index in [0.717, 1.165) is 21.1 Å². The van der Waals surface area contributed by atoms with Crippen molar-refractivity contribution in [1.82, 2.24) is 9.97 Å². The van der Waals surface area contributed by atoms with E-state index < -0.39 is 0 Å². The van der Waals surface area contributed by atoms with Crippen molar-refractivity contribution < 1.29 is 0 Å². The fraction of sp³-hybridized carbons (Fsp3) is 0.0833. The molecule has 0 aliphatic rings. The normalized spacial score (nSPS) is 11.1. The highest BCUT2D eigenvalue weighted by molar-refractivity contribution is 9.11. The topological polar surface area (TPSA) is 28.7 Å². The number of aromatic amines is 1. The maximum absolute atomic E-state index is 3.95. The van der Waals surface area contributed by atoms with Gasteiger partial charge in [0.1, 0.15) is 0 Å². The van der Waals surface area contributed by atoms with Crippen molar-refractivity contribution in [2.24, 2.45) is 0 Å². The van der Waals surface area contributed by atoms with Crippen LogP contribution in [0.25, 0.3) is 6.08 Å². The molecule has 1 aromatic carbocycles. The highest BCUT2D eigenvalue weighted by Gasteiger charge is 1.98. The molecule has 2 rings (SSSR count). The minimum absolute atomic E-state index is 0.896. The number of aromatic nitrogens is 2. The molecule has 2 aromatic rings. The summed E-state index contributed by atoms with van der Waals surface area (Å²) in [5, 5.41) is 0. The maximum atomic E-state index is 3.95. The number of hydrogen-bond donors (Lipinski definition) is 1. The molecule has 0 fully saturated rings. The molecule has 2 nitrogen and oxygen atoms in total. The second-order valence-electron chi connectivity index (χ2n) is 3.35. The summed E-state index contributed by atoms with van der Waals surface area (Å²) in [4.78, 5) is 6.98. The Morgan fingerprint density at radius 2 is 2.19 bits per heavy atom. The molecule has 0 bridgehead atoms. The predicted octanol–water partition coefficient (Wildman–Crippen LogP) is 4.19. The molecular formula is C12H10Br2N2. The van der Waals surface area contributed by atoms with Gasteiger partial charge in [-0.25, -0.2) is 4.98 Å². The third kappa shape index (κ3) is 3.06. The number of benzene rings is 1. The molecule has 0 atom stereocenters. The summed E-state index contributed by atoms with van der Waals surface area (Å²) in [7, 11) is 0. The van der Waals surface area contributed by atoms with Crippen molar-refractivity contribution in [1.29, 1.82) is 0 Å². The number of allylic oxidation sites excluding steroid dienone is 1. The van der Waals surface area contributed by atoms with Gasteiger partial charge in [0.05, 0.1) is 18.2 Å². The zero-order valence-electron chi connectivity index (χ0n) is 8.45. The molecule has 1 heterocycles. The second-order valence-corrected chi connectivity index (χ2v) is 5.12. The van der Waals surface area contributed by atoms with Crippen LogP contribution in [0.15, 0.2) is 45.7 Å². The molecule has 0 spiro atoms. The van der Waals surface area contributed by atoms with Crippen LogP contribution in [-0.4, -0.2) is 9.97 Å². The van der Waals surface area contributed by atoms with E-state index in [4.69, 9.17) is 0 Å². The SMILES string of the molecule is Brc1ccc(C/C=C/c2cnc[nH]2)c(Br)c1. The first-order valence-electron chi connectivity index (χ1n) is 4.84. The molecule has 0 unspecified atom stereocenters. The molecule has 0 aliphatic heterocycles. The Balaban J connectivity index is 2.05. The van der Waals surface area contributed by atoms with E-state index in [9.17, 15) is 0 Å². The number of H-pyrrole nitrogens is 1. The van der Waals surface area contributed by atoms with E-state index in [1.807, 2.05) is 12.1 Å². The summed E-state index contributed by atoms with van der Waals surface area (Å²) >= 11 is 6.98. The third-order valence-electron chi connectivity index (χ3n) is 2.17. The number of rotatable bonds is 3. The van der Waals surface area contributed by atoms with Crippen LogP contribution < -0.4 is 0 Å². The molecule has 16 heavy (non-hydrogen) atoms. The van der Waals surface area contributed by atoms with E-state index in [2.05, 4.69) is 60.0 Å². The molecule has 0 aliphatic carbocycles. The van der Waals surface area contributed by atoms with Crippen LogP contribution in [-0.2, 0) is 6.42 Å². The Kier molecular flexibility index (Phi) is 3.96. The lowest BCUT2D eigenvalue weighted by atomic mass is 10.1. The zero-order valence-corrected chi connectivity index (χ0v) is 11.6. The molecule has 1 aromatic heterocycles. The minimum Gasteiger partial charge on any atom is -0.345 e. The van der Waals surface area contributed by atoms with E-state index in [-0.39, 0.29) is 0 Å². The van der Waals surface area contributed by atoms with Crippen LogP contribution in [0.1, 0.15) is 11.3 Å². The monoisotopic (exact) mass is 340 g/mol. The number of imidazole rings is 1. The van der Waals surface area contributed by atoms with Crippen LogP contribution in [0.2, 0.25) is 0 Å². The number of hydrogen-bond acceptors (Lipinski definition) is 1. The van der Waals surface area contributed by atoms with Crippen LogP contribution in [0, 0.1) is 0 Å². The largest absolute Gasteiger partial charge is 0.345 e. The standard InChI is InChI=1S/C12H10Br2N2/c13-10-5-4-9(12(14)6-10)2-1-3-11-7-15-8-16-11/h1,3-8H,2H2,(H,15,16)/b3-1+. The Hall–Kier alpha value is -0.870. The fourth-order valence-electron chi connectivity index (χ4n) is 1.36. The van der Waals surface area contributed by atoms with E-state index in [0.29, 0.717) is 0 Å². The quantitative estimate of drug-likeness (QED) is 0.890. The minimum atomic E-state index is 0.896. The van der Waals surface area contributed by atoms with E-state index in [1.165, 1.54) is 5.56 Å². The van der Waals surface area contributed by atoms with Crippen molar-refractivity contribution in [3.8, 4) is 0 Å². The highest BCUT2D eigenvalue weighted by atomic mass is 79.9. The Bertz CT molecular complexity index is 490. The smallest absolute Gasteiger partial charge is 0.0924 e. The van der Waals surface area contributed by atoms with Crippen molar-refractivity contribution in [2.75, 3.05) is 0 Å². The predicted molar refractivity (Wildman–Crippen MR) is 73.2 cm³/mol. The third-order valence-corrected chi connectivity index (χ3v) is 3.40. The summed E-state index contributed by atoms with van der Waals surface area (Å²) in [5.74, 6) is 0. The van der Waals surface area contributed by atoms with E-state index in [1.54, 1.807) is 12.5 Å². The summed E-state index contributed by atoms with van der Waals surface area (Å²) in [6.45, 7) is 0. The van der Waals surface area contributed by atoms with Crippen LogP contribution in [0.5, 0.6) is 0 Å². The first kappa shape index (κ1) is 11.6. The molecule has 0 amide bonds. The van der Waals surface area contributed by atoms with Gasteiger partial charge in [0.25, 0.3) is 0 Å². The van der Waals surface area contributed by atoms with Crippen LogP contribution in [0.3, 0.4) is 0 Å². The molecular weight excluding hydrogens is 332 g/mol. The Morgan fingerprint density at radius 3 is 2.88 bits per heavy atom. The average molecular weight is 342 g/mol. The van der Waals surface area contributed by atoms with Gasteiger partial charge in [-0.2, -0.15) is 0 Å². The van der Waals surface area contributed by atoms with Crippen molar-refractivity contribution in [3.05, 3.63) is 57.0 Å². The van der Waals surface area contributed by atoms with Gasteiger partial charge in [0, 0.05) is 8.95 Å². The lowest BCUT2D eigenvalue weighted by Crippen LogP contribution is -1.83. The molecule has 4 heteroatoms. The first-order chi connectivity index (χ1) is 7.75. The zero-order chi connectivity index (χ0) is 11.4. The van der Waals surface area contributed by atoms with Crippen LogP contribution >= 0.6 is 31.9 Å². The summed E-state index contributed by atoms with van der Waals surface area (Å²) in [5.41, 5.74) is 2.28. The Labute approximate surface area is 111 Å². The van der Waals surface area contributed by atoms with Gasteiger partial charge in [0.2, 0.25) is 0 Å². The van der Waals surface area contributed by atoms with Crippen molar-refractivity contribution >= 4 is 37.9 Å². The van der Waals surface area contributed by atoms with Gasteiger partial charge >= 0.3 is 0 Å². The second kappa shape index (κ2) is 5.46. The number of halogens is 2. The van der Waals surface area contributed by atoms with Crippen molar-refractivity contribution in [3.63, 3.8) is 0 Å². The average Bonchev–Trinajstić information content (AvgIpc) is 2.74. The highest BCUT2D eigenvalue weighted by Crippen LogP contribution is 2.22. The van der Waals surface area contributed by atoms with E-state index >= 15 is 0 Å². The first-order valence-corrected chi connectivity index (χ1v) is 6.43. The molecule has 0 radical (unpaired) electrons. The summed E-state index contributed by atoms with van der Waals surface area (Å²) in [6, 6.07) is 6.20.